The van der Waals surface area contributed by atoms with Gasteiger partial charge in [-0.2, -0.15) is 18.2 Å². The quantitative estimate of drug-likeness (QED) is 0.410. The minimum atomic E-state index is -4.58. The first-order chi connectivity index (χ1) is 11.4. The molecule has 0 amide bonds. The summed E-state index contributed by atoms with van der Waals surface area (Å²) >= 11 is 0. The van der Waals surface area contributed by atoms with Crippen LogP contribution in [-0.2, 0) is 6.18 Å². The summed E-state index contributed by atoms with van der Waals surface area (Å²) in [6, 6.07) is 0.832. The summed E-state index contributed by atoms with van der Waals surface area (Å²) in [4.78, 5) is 9.12. The standard InChI is InChI=1S/C13H16F3N7O/c1-18-6-23(7-19-2)10(17)11-21-12(24-22-11)8-5-20-4-3-9(8)13(14,15)16/h3-5,17-19H,6-7H2,1-2H3. The minimum Gasteiger partial charge on any atom is -0.333 e. The number of rotatable bonds is 6. The molecule has 0 fully saturated rings. The largest absolute Gasteiger partial charge is 0.417 e. The third kappa shape index (κ3) is 3.86. The molecular formula is C13H16F3N7O. The van der Waals surface area contributed by atoms with Gasteiger partial charge in [-0.25, -0.2) is 0 Å². The van der Waals surface area contributed by atoms with E-state index in [1.165, 1.54) is 0 Å². The van der Waals surface area contributed by atoms with Crippen LogP contribution < -0.4 is 10.6 Å². The molecule has 130 valence electrons. The molecule has 0 unspecified atom stereocenters. The predicted octanol–water partition coefficient (Wildman–Crippen LogP) is 1.13. The predicted molar refractivity (Wildman–Crippen MR) is 79.1 cm³/mol. The van der Waals surface area contributed by atoms with Crippen LogP contribution in [0.25, 0.3) is 11.5 Å². The number of nitrogens with one attached hydrogen (secondary N) is 3. The van der Waals surface area contributed by atoms with Gasteiger partial charge in [0.15, 0.2) is 5.84 Å². The fraction of sp³-hybridized carbons (Fsp3) is 0.385. The maximum atomic E-state index is 13.0. The van der Waals surface area contributed by atoms with Gasteiger partial charge in [-0.15, -0.1) is 0 Å². The molecular weight excluding hydrogens is 327 g/mol. The number of amidine groups is 1. The molecule has 2 heterocycles. The van der Waals surface area contributed by atoms with E-state index in [-0.39, 0.29) is 23.1 Å². The van der Waals surface area contributed by atoms with E-state index in [4.69, 9.17) is 9.93 Å². The topological polar surface area (TPSA) is 103 Å². The van der Waals surface area contributed by atoms with Crippen molar-refractivity contribution in [2.24, 2.45) is 0 Å². The lowest BCUT2D eigenvalue weighted by molar-refractivity contribution is -0.137. The van der Waals surface area contributed by atoms with Gasteiger partial charge in [0.05, 0.1) is 24.5 Å². The van der Waals surface area contributed by atoms with Gasteiger partial charge in [-0.3, -0.25) is 10.4 Å². The lowest BCUT2D eigenvalue weighted by atomic mass is 10.1. The molecule has 8 nitrogen and oxygen atoms in total. The first-order valence-electron chi connectivity index (χ1n) is 6.86. The minimum absolute atomic E-state index is 0.0915. The van der Waals surface area contributed by atoms with Gasteiger partial charge in [0, 0.05) is 12.4 Å². The Balaban J connectivity index is 2.33. The molecule has 0 aliphatic carbocycles. The Kier molecular flexibility index (Phi) is 5.46. The van der Waals surface area contributed by atoms with Crippen LogP contribution in [0.1, 0.15) is 11.4 Å². The van der Waals surface area contributed by atoms with E-state index in [0.29, 0.717) is 13.3 Å². The Bertz CT molecular complexity index is 695. The molecule has 2 aromatic rings. The van der Waals surface area contributed by atoms with E-state index >= 15 is 0 Å². The van der Waals surface area contributed by atoms with Crippen LogP contribution in [0.4, 0.5) is 13.2 Å². The zero-order valence-electron chi connectivity index (χ0n) is 13.0. The maximum Gasteiger partial charge on any atom is 0.417 e. The van der Waals surface area contributed by atoms with E-state index in [1.807, 2.05) is 0 Å². The van der Waals surface area contributed by atoms with Crippen molar-refractivity contribution in [1.29, 1.82) is 5.41 Å². The Morgan fingerprint density at radius 2 is 1.96 bits per heavy atom. The van der Waals surface area contributed by atoms with Crippen molar-refractivity contribution in [2.75, 3.05) is 27.4 Å². The molecule has 2 aromatic heterocycles. The van der Waals surface area contributed by atoms with Crippen LogP contribution in [0.5, 0.6) is 0 Å². The number of nitrogens with zero attached hydrogens (tertiary/aromatic N) is 4. The van der Waals surface area contributed by atoms with Crippen LogP contribution in [-0.4, -0.2) is 53.3 Å². The van der Waals surface area contributed by atoms with E-state index in [2.05, 4.69) is 25.8 Å². The van der Waals surface area contributed by atoms with Gasteiger partial charge < -0.3 is 20.1 Å². The number of pyridine rings is 1. The first kappa shape index (κ1) is 17.8. The highest BCUT2D eigenvalue weighted by Gasteiger charge is 2.35. The van der Waals surface area contributed by atoms with Gasteiger partial charge in [-0.05, 0) is 20.2 Å². The average Bonchev–Trinajstić information content (AvgIpc) is 3.03. The SMILES string of the molecule is CNCN(CNC)C(=N)c1noc(-c2cnccc2C(F)(F)F)n1. The molecule has 0 saturated heterocycles. The Morgan fingerprint density at radius 3 is 2.54 bits per heavy atom. The van der Waals surface area contributed by atoms with E-state index in [1.54, 1.807) is 19.0 Å². The number of aromatic nitrogens is 3. The molecule has 3 N–H and O–H groups in total. The molecule has 0 radical (unpaired) electrons. The van der Waals surface area contributed by atoms with Crippen molar-refractivity contribution in [1.82, 2.24) is 30.7 Å². The van der Waals surface area contributed by atoms with Crippen molar-refractivity contribution >= 4 is 5.84 Å². The highest BCUT2D eigenvalue weighted by Crippen LogP contribution is 2.35. The fourth-order valence-electron chi connectivity index (χ4n) is 1.98. The van der Waals surface area contributed by atoms with Crippen LogP contribution in [0.15, 0.2) is 23.0 Å². The molecule has 0 aliphatic rings. The van der Waals surface area contributed by atoms with Gasteiger partial charge in [-0.1, -0.05) is 5.16 Å². The van der Waals surface area contributed by atoms with Crippen molar-refractivity contribution in [3.05, 3.63) is 29.8 Å². The number of hydrogen-bond donors (Lipinski definition) is 3. The molecule has 0 atom stereocenters. The van der Waals surface area contributed by atoms with Crippen LogP contribution in [0.3, 0.4) is 0 Å². The lowest BCUT2D eigenvalue weighted by Crippen LogP contribution is -2.42. The first-order valence-corrected chi connectivity index (χ1v) is 6.86. The summed E-state index contributed by atoms with van der Waals surface area (Å²) in [5, 5.41) is 17.4. The van der Waals surface area contributed by atoms with E-state index in [9.17, 15) is 13.2 Å². The van der Waals surface area contributed by atoms with Crippen molar-refractivity contribution in [3.8, 4) is 11.5 Å². The van der Waals surface area contributed by atoms with Gasteiger partial charge in [0.25, 0.3) is 5.89 Å². The number of hydrogen-bond acceptors (Lipinski definition) is 7. The molecule has 2 rings (SSSR count). The number of halogens is 3. The molecule has 24 heavy (non-hydrogen) atoms. The third-order valence-corrected chi connectivity index (χ3v) is 3.01. The average molecular weight is 343 g/mol. The summed E-state index contributed by atoms with van der Waals surface area (Å²) in [6.07, 6.45) is -2.54. The van der Waals surface area contributed by atoms with E-state index in [0.717, 1.165) is 18.5 Å². The molecule has 0 spiro atoms. The summed E-state index contributed by atoms with van der Waals surface area (Å²) in [7, 11) is 3.39. The summed E-state index contributed by atoms with van der Waals surface area (Å²) < 4.78 is 44.0. The summed E-state index contributed by atoms with van der Waals surface area (Å²) in [6.45, 7) is 0.647. The smallest absolute Gasteiger partial charge is 0.333 e. The second-order valence-corrected chi connectivity index (χ2v) is 4.75. The summed E-state index contributed by atoms with van der Waals surface area (Å²) in [5.41, 5.74) is -1.26. The Hall–Kier alpha value is -2.53. The van der Waals surface area contributed by atoms with Crippen molar-refractivity contribution in [3.63, 3.8) is 0 Å². The monoisotopic (exact) mass is 343 g/mol. The molecule has 0 aliphatic heterocycles. The van der Waals surface area contributed by atoms with Crippen LogP contribution in [0, 0.1) is 5.41 Å². The maximum absolute atomic E-state index is 13.0. The Morgan fingerprint density at radius 1 is 1.29 bits per heavy atom. The van der Waals surface area contributed by atoms with Gasteiger partial charge in [0.2, 0.25) is 5.82 Å². The summed E-state index contributed by atoms with van der Waals surface area (Å²) in [5.74, 6) is -0.553. The van der Waals surface area contributed by atoms with Crippen LogP contribution >= 0.6 is 0 Å². The second-order valence-electron chi connectivity index (χ2n) is 4.75. The van der Waals surface area contributed by atoms with E-state index < -0.39 is 11.7 Å². The number of alkyl halides is 3. The van der Waals surface area contributed by atoms with Gasteiger partial charge in [0.1, 0.15) is 0 Å². The van der Waals surface area contributed by atoms with Crippen molar-refractivity contribution in [2.45, 2.75) is 6.18 Å². The molecule has 0 bridgehead atoms. The molecule has 11 heteroatoms. The van der Waals surface area contributed by atoms with Crippen LogP contribution in [0.2, 0.25) is 0 Å². The zero-order valence-corrected chi connectivity index (χ0v) is 13.0. The van der Waals surface area contributed by atoms with Crippen molar-refractivity contribution < 1.29 is 17.7 Å². The molecule has 0 aromatic carbocycles. The lowest BCUT2D eigenvalue weighted by Gasteiger charge is -2.22. The fourth-order valence-corrected chi connectivity index (χ4v) is 1.98. The zero-order chi connectivity index (χ0) is 17.7. The molecule has 0 saturated carbocycles. The van der Waals surface area contributed by atoms with Gasteiger partial charge >= 0.3 is 6.18 Å². The Labute approximate surface area is 135 Å². The highest BCUT2D eigenvalue weighted by molar-refractivity contribution is 5.93. The third-order valence-electron chi connectivity index (χ3n) is 3.01. The highest BCUT2D eigenvalue weighted by atomic mass is 19.4. The normalized spacial score (nSPS) is 11.5. The second kappa shape index (κ2) is 7.36.